The first-order chi connectivity index (χ1) is 36.0. The number of aryl methyl sites for hydroxylation is 1. The number of esters is 1. The van der Waals surface area contributed by atoms with E-state index < -0.39 is 11.9 Å². The Balaban J connectivity index is 0.869. The minimum atomic E-state index is -0.530. The summed E-state index contributed by atoms with van der Waals surface area (Å²) in [6.45, 7) is 8.86. The van der Waals surface area contributed by atoms with Crippen LogP contribution in [0, 0.1) is 5.82 Å². The van der Waals surface area contributed by atoms with Crippen LogP contribution in [0.1, 0.15) is 107 Å². The average Bonchev–Trinajstić information content (AvgIpc) is 4.18. The minimum absolute atomic E-state index is 0.0153. The lowest BCUT2D eigenvalue weighted by atomic mass is 9.95. The van der Waals surface area contributed by atoms with Crippen LogP contribution in [0.25, 0.3) is 5.65 Å². The van der Waals surface area contributed by atoms with Crippen molar-refractivity contribution in [2.24, 2.45) is 0 Å². The van der Waals surface area contributed by atoms with Crippen molar-refractivity contribution in [1.82, 2.24) is 44.1 Å². The van der Waals surface area contributed by atoms with E-state index in [1.807, 2.05) is 37.4 Å². The normalized spacial score (nSPS) is 15.8. The zero-order chi connectivity index (χ0) is 51.7. The fourth-order valence-electron chi connectivity index (χ4n) is 10.00. The van der Waals surface area contributed by atoms with Crippen molar-refractivity contribution in [2.45, 2.75) is 97.6 Å². The molecule has 19 heteroatoms. The Morgan fingerprint density at radius 2 is 1.82 bits per heavy atom. The SMILES string of the molecule is CCOC(=O)/C(=C/CNCc1cccc(NC(=O)c2nn(Cc3ccc(F)cc3)c3c2CN(C(=O)c2ccc[nH]2)CC3C)c1)Cn1cc(CNc2cc(N3CCCC[C@H]3CCO)nc3c(CC)cnn23)ccc1=O. The van der Waals surface area contributed by atoms with E-state index in [0.717, 1.165) is 77.5 Å². The molecule has 5 aromatic heterocycles. The first-order valence-corrected chi connectivity index (χ1v) is 25.4. The third kappa shape index (κ3) is 11.6. The Labute approximate surface area is 428 Å². The van der Waals surface area contributed by atoms with Crippen LogP contribution >= 0.6 is 0 Å². The van der Waals surface area contributed by atoms with Gasteiger partial charge in [-0.2, -0.15) is 14.7 Å². The van der Waals surface area contributed by atoms with Gasteiger partial charge in [-0.3, -0.25) is 19.1 Å². The second kappa shape index (κ2) is 23.3. The number of nitrogens with one attached hydrogen (secondary N) is 4. The summed E-state index contributed by atoms with van der Waals surface area (Å²) in [5, 5.41) is 29.2. The van der Waals surface area contributed by atoms with Gasteiger partial charge in [-0.15, -0.1) is 0 Å². The van der Waals surface area contributed by atoms with Crippen LogP contribution < -0.4 is 26.4 Å². The number of pyridine rings is 1. The number of aromatic nitrogens is 7. The van der Waals surface area contributed by atoms with Gasteiger partial charge in [0.25, 0.3) is 17.4 Å². The Morgan fingerprint density at radius 1 is 0.986 bits per heavy atom. The summed E-state index contributed by atoms with van der Waals surface area (Å²) in [5.74, 6) is -0.0610. The van der Waals surface area contributed by atoms with Gasteiger partial charge in [0.1, 0.15) is 23.1 Å². The molecule has 0 bridgehead atoms. The number of piperidine rings is 1. The molecular formula is C55H63FN12O6. The lowest BCUT2D eigenvalue weighted by Gasteiger charge is -2.36. The molecule has 18 nitrogen and oxygen atoms in total. The van der Waals surface area contributed by atoms with E-state index in [1.54, 1.807) is 75.9 Å². The average molecular weight is 1010 g/mol. The number of aliphatic hydroxyl groups excluding tert-OH is 1. The molecule has 0 saturated carbocycles. The van der Waals surface area contributed by atoms with Crippen molar-refractivity contribution < 1.29 is 28.6 Å². The number of hydrogen-bond donors (Lipinski definition) is 5. The number of H-pyrrole nitrogens is 1. The fourth-order valence-corrected chi connectivity index (χ4v) is 10.00. The number of anilines is 3. The van der Waals surface area contributed by atoms with Gasteiger partial charge in [0, 0.05) is 98.3 Å². The Morgan fingerprint density at radius 3 is 2.61 bits per heavy atom. The van der Waals surface area contributed by atoms with Gasteiger partial charge in [-0.25, -0.2) is 14.2 Å². The summed E-state index contributed by atoms with van der Waals surface area (Å²) in [7, 11) is 0. The molecule has 7 heterocycles. The molecule has 1 fully saturated rings. The highest BCUT2D eigenvalue weighted by molar-refractivity contribution is 6.04. The quantitative estimate of drug-likeness (QED) is 0.0303. The van der Waals surface area contributed by atoms with Crippen LogP contribution in [0.5, 0.6) is 0 Å². The number of fused-ring (bicyclic) bond motifs is 2. The minimum Gasteiger partial charge on any atom is -0.463 e. The topological polar surface area (TPSA) is 209 Å². The monoisotopic (exact) mass is 1010 g/mol. The molecule has 2 aliphatic rings. The predicted octanol–water partition coefficient (Wildman–Crippen LogP) is 6.81. The number of benzene rings is 2. The lowest BCUT2D eigenvalue weighted by Crippen LogP contribution is -2.40. The number of carbonyl (C=O) groups excluding carboxylic acids is 3. The summed E-state index contributed by atoms with van der Waals surface area (Å²) in [4.78, 5) is 66.3. The lowest BCUT2D eigenvalue weighted by molar-refractivity contribution is -0.138. The highest BCUT2D eigenvalue weighted by atomic mass is 19.1. The van der Waals surface area contributed by atoms with Gasteiger partial charge in [0.15, 0.2) is 11.3 Å². The second-order valence-corrected chi connectivity index (χ2v) is 18.9. The number of rotatable bonds is 20. The largest absolute Gasteiger partial charge is 0.463 e. The zero-order valence-electron chi connectivity index (χ0n) is 42.0. The third-order valence-corrected chi connectivity index (χ3v) is 13.7. The number of aromatic amines is 1. The van der Waals surface area contributed by atoms with Crippen LogP contribution in [-0.2, 0) is 48.7 Å². The smallest absolute Gasteiger partial charge is 0.335 e. The molecule has 5 N–H and O–H groups in total. The molecule has 0 spiro atoms. The van der Waals surface area contributed by atoms with E-state index in [9.17, 15) is 28.7 Å². The second-order valence-electron chi connectivity index (χ2n) is 18.9. The molecule has 7 aromatic rings. The predicted molar refractivity (Wildman–Crippen MR) is 280 cm³/mol. The number of hydrogen-bond acceptors (Lipinski definition) is 12. The van der Waals surface area contributed by atoms with Crippen LogP contribution in [0.4, 0.5) is 21.7 Å². The molecule has 1 saturated heterocycles. The highest BCUT2D eigenvalue weighted by Crippen LogP contribution is 2.33. The number of ether oxygens (including phenoxy) is 1. The molecule has 2 atom stereocenters. The van der Waals surface area contributed by atoms with Crippen molar-refractivity contribution in [2.75, 3.05) is 48.4 Å². The third-order valence-electron chi connectivity index (χ3n) is 13.7. The maximum Gasteiger partial charge on any atom is 0.335 e. The van der Waals surface area contributed by atoms with Crippen molar-refractivity contribution in [1.29, 1.82) is 0 Å². The number of nitrogens with zero attached hydrogens (tertiary/aromatic N) is 8. The van der Waals surface area contributed by atoms with Gasteiger partial charge in [-0.1, -0.05) is 50.3 Å². The number of aliphatic hydroxyl groups is 1. The first-order valence-electron chi connectivity index (χ1n) is 25.4. The van der Waals surface area contributed by atoms with Crippen molar-refractivity contribution in [3.63, 3.8) is 0 Å². The van der Waals surface area contributed by atoms with E-state index in [2.05, 4.69) is 37.9 Å². The Hall–Kier alpha value is -7.90. The number of carbonyl (C=O) groups is 3. The molecule has 9 rings (SSSR count). The zero-order valence-corrected chi connectivity index (χ0v) is 42.0. The van der Waals surface area contributed by atoms with Gasteiger partial charge < -0.3 is 45.1 Å². The van der Waals surface area contributed by atoms with Crippen molar-refractivity contribution in [3.8, 4) is 0 Å². The summed E-state index contributed by atoms with van der Waals surface area (Å²) >= 11 is 0. The standard InChI is InChI=1S/C55H63FN12O6/c1-4-40-30-60-68-47(27-48(62-52(40)68)66-24-7-6-12-44(66)21-25-69)59-29-39-16-19-49(70)64(32-39)34-41(55(73)74-5-2)20-23-57-28-38-10-8-11-43(26-38)61-53(71)50-45-35-65(54(72)46-13-9-22-58-46)31-36(3)51(45)67(63-50)33-37-14-17-42(56)18-15-37/h8-11,13-20,22,26-27,30,32,36,44,57-59,69H,4-7,12,21,23-25,28-29,31,33-35H2,1-3H3,(H,61,71)/b41-20+/t36?,44-/m0/s1. The van der Waals surface area contributed by atoms with E-state index in [-0.39, 0.29) is 67.8 Å². The maximum atomic E-state index is 14.2. The van der Waals surface area contributed by atoms with Crippen LogP contribution in [0.15, 0.2) is 114 Å². The van der Waals surface area contributed by atoms with Gasteiger partial charge >= 0.3 is 5.97 Å². The van der Waals surface area contributed by atoms with E-state index in [0.29, 0.717) is 55.1 Å². The number of halogens is 1. The Bertz CT molecular complexity index is 3200. The van der Waals surface area contributed by atoms with Crippen molar-refractivity contribution >= 4 is 40.8 Å². The van der Waals surface area contributed by atoms with Crippen LogP contribution in [0.3, 0.4) is 0 Å². The number of amides is 2. The van der Waals surface area contributed by atoms with Crippen molar-refractivity contribution in [3.05, 3.63) is 170 Å². The van der Waals surface area contributed by atoms with Gasteiger partial charge in [0.2, 0.25) is 0 Å². The summed E-state index contributed by atoms with van der Waals surface area (Å²) < 4.78 is 24.3. The molecular weight excluding hydrogens is 944 g/mol. The molecule has 2 aromatic carbocycles. The first kappa shape index (κ1) is 51.0. The molecule has 2 amide bonds. The molecule has 0 radical (unpaired) electrons. The van der Waals surface area contributed by atoms with E-state index >= 15 is 0 Å². The molecule has 0 aliphatic carbocycles. The van der Waals surface area contributed by atoms with E-state index in [1.165, 1.54) is 22.8 Å². The maximum absolute atomic E-state index is 14.2. The molecule has 2 aliphatic heterocycles. The molecule has 386 valence electrons. The highest BCUT2D eigenvalue weighted by Gasteiger charge is 2.35. The van der Waals surface area contributed by atoms with E-state index in [4.69, 9.17) is 14.8 Å². The summed E-state index contributed by atoms with van der Waals surface area (Å²) in [5.41, 5.74) is 6.98. The van der Waals surface area contributed by atoms with Crippen LogP contribution in [-0.4, -0.2) is 101 Å². The van der Waals surface area contributed by atoms with Gasteiger partial charge in [0.05, 0.1) is 38.0 Å². The van der Waals surface area contributed by atoms with Crippen LogP contribution in [0.2, 0.25) is 0 Å². The Kier molecular flexibility index (Phi) is 16.1. The van der Waals surface area contributed by atoms with Gasteiger partial charge in [-0.05, 0) is 92.1 Å². The molecule has 1 unspecified atom stereocenters. The fraction of sp³-hybridized carbons (Fsp3) is 0.364. The molecule has 74 heavy (non-hydrogen) atoms. The summed E-state index contributed by atoms with van der Waals surface area (Å²) in [6, 6.07) is 22.5. The summed E-state index contributed by atoms with van der Waals surface area (Å²) in [6.07, 6.45) is 11.6.